The lowest BCUT2D eigenvalue weighted by molar-refractivity contribution is -0.385. The van der Waals surface area contributed by atoms with E-state index in [0.717, 1.165) is 11.3 Å². The molecule has 0 unspecified atom stereocenters. The summed E-state index contributed by atoms with van der Waals surface area (Å²) in [7, 11) is 1.71. The van der Waals surface area contributed by atoms with Crippen molar-refractivity contribution in [3.8, 4) is 0 Å². The first-order chi connectivity index (χ1) is 6.56. The molecule has 2 N–H and O–H groups in total. The lowest BCUT2D eigenvalue weighted by Gasteiger charge is -2.08. The monoisotopic (exact) mass is 195 g/mol. The first-order valence-corrected chi connectivity index (χ1v) is 4.24. The quantitative estimate of drug-likeness (QED) is 0.569. The molecule has 0 atom stereocenters. The van der Waals surface area contributed by atoms with Crippen molar-refractivity contribution in [1.82, 2.24) is 5.43 Å². The van der Waals surface area contributed by atoms with Crippen LogP contribution in [0.5, 0.6) is 0 Å². The van der Waals surface area contributed by atoms with Crippen molar-refractivity contribution in [2.75, 3.05) is 12.5 Å². The van der Waals surface area contributed by atoms with Crippen LogP contribution < -0.4 is 10.9 Å². The summed E-state index contributed by atoms with van der Waals surface area (Å²) in [5.74, 6) is 0. The molecule has 0 aliphatic carbocycles. The van der Waals surface area contributed by atoms with Crippen LogP contribution in [0.15, 0.2) is 12.1 Å². The predicted molar refractivity (Wildman–Crippen MR) is 55.3 cm³/mol. The number of hydrazine groups is 1. The molecule has 0 fully saturated rings. The normalized spacial score (nSPS) is 9.93. The first-order valence-electron chi connectivity index (χ1n) is 4.24. The summed E-state index contributed by atoms with van der Waals surface area (Å²) < 4.78 is 0. The van der Waals surface area contributed by atoms with Crippen molar-refractivity contribution in [2.24, 2.45) is 0 Å². The predicted octanol–water partition coefficient (Wildman–Crippen LogP) is 1.76. The van der Waals surface area contributed by atoms with E-state index in [-0.39, 0.29) is 10.6 Å². The van der Waals surface area contributed by atoms with Gasteiger partial charge in [-0.3, -0.25) is 10.1 Å². The number of nitro groups is 1. The molecule has 0 radical (unpaired) electrons. The summed E-state index contributed by atoms with van der Waals surface area (Å²) in [6.45, 7) is 3.63. The molecule has 0 amide bonds. The summed E-state index contributed by atoms with van der Waals surface area (Å²) in [5.41, 5.74) is 8.09. The third kappa shape index (κ3) is 2.00. The van der Waals surface area contributed by atoms with Crippen LogP contribution in [0.1, 0.15) is 11.1 Å². The van der Waals surface area contributed by atoms with Crippen molar-refractivity contribution in [3.63, 3.8) is 0 Å². The third-order valence-electron chi connectivity index (χ3n) is 2.00. The van der Waals surface area contributed by atoms with Crippen LogP contribution in [0.25, 0.3) is 0 Å². The van der Waals surface area contributed by atoms with Crippen LogP contribution in [0.4, 0.5) is 11.4 Å². The number of nitro benzene ring substituents is 1. The van der Waals surface area contributed by atoms with Crippen molar-refractivity contribution in [3.05, 3.63) is 33.4 Å². The van der Waals surface area contributed by atoms with Gasteiger partial charge in [-0.25, -0.2) is 5.43 Å². The van der Waals surface area contributed by atoms with Gasteiger partial charge in [-0.1, -0.05) is 0 Å². The highest BCUT2D eigenvalue weighted by Crippen LogP contribution is 2.25. The van der Waals surface area contributed by atoms with Gasteiger partial charge >= 0.3 is 0 Å². The number of nitrogens with zero attached hydrogens (tertiary/aromatic N) is 1. The fraction of sp³-hybridized carbons (Fsp3) is 0.333. The Balaban J connectivity index is 3.20. The average molecular weight is 195 g/mol. The molecule has 1 rings (SSSR count). The molecule has 1 aromatic rings. The Bertz CT molecular complexity index is 363. The molecule has 0 saturated carbocycles. The molecule has 0 aliphatic rings. The topological polar surface area (TPSA) is 67.2 Å². The van der Waals surface area contributed by atoms with Gasteiger partial charge in [0, 0.05) is 18.7 Å². The Kier molecular flexibility index (Phi) is 3.03. The highest BCUT2D eigenvalue weighted by molar-refractivity contribution is 5.59. The van der Waals surface area contributed by atoms with E-state index in [1.165, 1.54) is 6.07 Å². The fourth-order valence-corrected chi connectivity index (χ4v) is 1.31. The van der Waals surface area contributed by atoms with Gasteiger partial charge in [-0.2, -0.15) is 0 Å². The lowest BCUT2D eigenvalue weighted by Crippen LogP contribution is -2.16. The molecular formula is C9H13N3O2. The second-order valence-corrected chi connectivity index (χ2v) is 3.09. The summed E-state index contributed by atoms with van der Waals surface area (Å²) in [6.07, 6.45) is 0. The molecule has 5 heteroatoms. The zero-order valence-electron chi connectivity index (χ0n) is 8.42. The number of anilines is 1. The number of hydrogen-bond donors (Lipinski definition) is 2. The molecule has 0 heterocycles. The Hall–Kier alpha value is -1.62. The summed E-state index contributed by atoms with van der Waals surface area (Å²) in [5, 5.41) is 10.6. The minimum absolute atomic E-state index is 0.133. The maximum Gasteiger partial charge on any atom is 0.274 e. The molecule has 0 aromatic heterocycles. The summed E-state index contributed by atoms with van der Waals surface area (Å²) >= 11 is 0. The highest BCUT2D eigenvalue weighted by Gasteiger charge is 2.12. The maximum absolute atomic E-state index is 10.6. The third-order valence-corrected chi connectivity index (χ3v) is 2.00. The molecule has 0 saturated heterocycles. The van der Waals surface area contributed by atoms with Gasteiger partial charge < -0.3 is 5.43 Å². The maximum atomic E-state index is 10.6. The Morgan fingerprint density at radius 3 is 2.43 bits per heavy atom. The van der Waals surface area contributed by atoms with Gasteiger partial charge in [0.25, 0.3) is 5.69 Å². The van der Waals surface area contributed by atoms with Crippen molar-refractivity contribution in [2.45, 2.75) is 13.8 Å². The van der Waals surface area contributed by atoms with E-state index in [9.17, 15) is 10.1 Å². The van der Waals surface area contributed by atoms with E-state index in [4.69, 9.17) is 0 Å². The second kappa shape index (κ2) is 4.06. The highest BCUT2D eigenvalue weighted by atomic mass is 16.6. The van der Waals surface area contributed by atoms with E-state index in [2.05, 4.69) is 10.9 Å². The van der Waals surface area contributed by atoms with Crippen LogP contribution in [-0.2, 0) is 0 Å². The number of aryl methyl sites for hydroxylation is 2. The molecular weight excluding hydrogens is 182 g/mol. The van der Waals surface area contributed by atoms with E-state index >= 15 is 0 Å². The minimum Gasteiger partial charge on any atom is -0.321 e. The van der Waals surface area contributed by atoms with E-state index in [1.807, 2.05) is 6.92 Å². The molecule has 0 aliphatic heterocycles. The Morgan fingerprint density at radius 1 is 1.29 bits per heavy atom. The second-order valence-electron chi connectivity index (χ2n) is 3.09. The van der Waals surface area contributed by atoms with E-state index in [1.54, 1.807) is 20.0 Å². The molecule has 1 aromatic carbocycles. The molecule has 5 nitrogen and oxygen atoms in total. The largest absolute Gasteiger partial charge is 0.321 e. The van der Waals surface area contributed by atoms with Gasteiger partial charge in [0.2, 0.25) is 0 Å². The van der Waals surface area contributed by atoms with Crippen LogP contribution in [0.3, 0.4) is 0 Å². The van der Waals surface area contributed by atoms with Gasteiger partial charge in [0.05, 0.1) is 10.6 Å². The number of rotatable bonds is 3. The van der Waals surface area contributed by atoms with E-state index in [0.29, 0.717) is 5.56 Å². The summed E-state index contributed by atoms with van der Waals surface area (Å²) in [6, 6.07) is 3.32. The van der Waals surface area contributed by atoms with Crippen molar-refractivity contribution in [1.29, 1.82) is 0 Å². The number of hydrogen-bond acceptors (Lipinski definition) is 4. The van der Waals surface area contributed by atoms with E-state index < -0.39 is 0 Å². The minimum atomic E-state index is -0.379. The Morgan fingerprint density at radius 2 is 1.93 bits per heavy atom. The summed E-state index contributed by atoms with van der Waals surface area (Å²) in [4.78, 5) is 10.3. The zero-order chi connectivity index (χ0) is 10.7. The molecule has 0 spiro atoms. The zero-order valence-corrected chi connectivity index (χ0v) is 8.42. The van der Waals surface area contributed by atoms with Gasteiger partial charge in [-0.05, 0) is 25.5 Å². The van der Waals surface area contributed by atoms with Crippen LogP contribution in [0.2, 0.25) is 0 Å². The van der Waals surface area contributed by atoms with Gasteiger partial charge in [0.1, 0.15) is 0 Å². The lowest BCUT2D eigenvalue weighted by atomic mass is 10.1. The van der Waals surface area contributed by atoms with Crippen molar-refractivity contribution < 1.29 is 4.92 Å². The standard InChI is InChI=1S/C9H13N3O2/c1-6-4-7(2)9(12(13)14)5-8(6)11-10-3/h4-5,10-11H,1-3H3. The van der Waals surface area contributed by atoms with Gasteiger partial charge in [-0.15, -0.1) is 0 Å². The average Bonchev–Trinajstić information content (AvgIpc) is 2.09. The molecule has 76 valence electrons. The van der Waals surface area contributed by atoms with Crippen molar-refractivity contribution >= 4 is 11.4 Å². The molecule has 14 heavy (non-hydrogen) atoms. The first kappa shape index (κ1) is 10.5. The van der Waals surface area contributed by atoms with Crippen LogP contribution in [0, 0.1) is 24.0 Å². The SMILES string of the molecule is CNNc1cc([N+](=O)[O-])c(C)cc1C. The van der Waals surface area contributed by atoms with Crippen LogP contribution >= 0.6 is 0 Å². The fourth-order valence-electron chi connectivity index (χ4n) is 1.31. The Labute approximate surface area is 82.2 Å². The van der Waals surface area contributed by atoms with Gasteiger partial charge in [0.15, 0.2) is 0 Å². The van der Waals surface area contributed by atoms with Crippen LogP contribution in [-0.4, -0.2) is 12.0 Å². The number of nitrogens with one attached hydrogen (secondary N) is 2. The number of benzene rings is 1. The molecule has 0 bridgehead atoms. The smallest absolute Gasteiger partial charge is 0.274 e.